The van der Waals surface area contributed by atoms with Crippen LogP contribution in [0.3, 0.4) is 0 Å². The molecule has 1 saturated heterocycles. The minimum atomic E-state index is -0.389. The lowest BCUT2D eigenvalue weighted by molar-refractivity contribution is 0.343. The molecule has 0 saturated carbocycles. The molecular formula is C15H22F2N2. The Balaban J connectivity index is 1.79. The van der Waals surface area contributed by atoms with Gasteiger partial charge in [0, 0.05) is 24.2 Å². The Bertz CT molecular complexity index is 403. The molecule has 1 heterocycles. The molecule has 2 N–H and O–H groups in total. The fraction of sp³-hybridized carbons (Fsp3) is 0.600. The van der Waals surface area contributed by atoms with Gasteiger partial charge in [-0.25, -0.2) is 8.78 Å². The highest BCUT2D eigenvalue weighted by molar-refractivity contribution is 5.18. The molecule has 0 spiro atoms. The van der Waals surface area contributed by atoms with Gasteiger partial charge in [0.1, 0.15) is 11.6 Å². The van der Waals surface area contributed by atoms with Gasteiger partial charge >= 0.3 is 0 Å². The summed E-state index contributed by atoms with van der Waals surface area (Å²) in [6.45, 7) is 3.56. The smallest absolute Gasteiger partial charge is 0.127 e. The van der Waals surface area contributed by atoms with Crippen molar-refractivity contribution in [2.45, 2.75) is 51.2 Å². The maximum atomic E-state index is 13.5. The molecule has 1 aromatic rings. The van der Waals surface area contributed by atoms with E-state index in [1.807, 2.05) is 0 Å². The summed E-state index contributed by atoms with van der Waals surface area (Å²) in [6, 6.07) is 4.42. The minimum absolute atomic E-state index is 0.290. The fourth-order valence-electron chi connectivity index (χ4n) is 2.60. The molecule has 2 rings (SSSR count). The van der Waals surface area contributed by atoms with Gasteiger partial charge < -0.3 is 10.6 Å². The molecule has 1 fully saturated rings. The Morgan fingerprint density at radius 3 is 2.95 bits per heavy atom. The molecule has 1 aliphatic heterocycles. The summed E-state index contributed by atoms with van der Waals surface area (Å²) in [5.74, 6) is -0.739. The van der Waals surface area contributed by atoms with E-state index in [0.29, 0.717) is 24.2 Å². The number of benzene rings is 1. The van der Waals surface area contributed by atoms with Gasteiger partial charge in [0.2, 0.25) is 0 Å². The maximum Gasteiger partial charge on any atom is 0.127 e. The average molecular weight is 268 g/mol. The molecule has 2 nitrogen and oxygen atoms in total. The van der Waals surface area contributed by atoms with Gasteiger partial charge in [0.15, 0.2) is 0 Å². The first kappa shape index (κ1) is 14.4. The number of halogens is 2. The zero-order chi connectivity index (χ0) is 13.7. The molecule has 0 amide bonds. The van der Waals surface area contributed by atoms with E-state index in [4.69, 9.17) is 0 Å². The molecule has 2 atom stereocenters. The van der Waals surface area contributed by atoms with Crippen molar-refractivity contribution < 1.29 is 8.78 Å². The van der Waals surface area contributed by atoms with Gasteiger partial charge in [-0.15, -0.1) is 0 Å². The molecule has 0 aliphatic carbocycles. The van der Waals surface area contributed by atoms with Gasteiger partial charge in [-0.2, -0.15) is 0 Å². The molecule has 19 heavy (non-hydrogen) atoms. The Labute approximate surface area is 113 Å². The van der Waals surface area contributed by atoms with Crippen molar-refractivity contribution in [2.75, 3.05) is 6.54 Å². The predicted octanol–water partition coefficient (Wildman–Crippen LogP) is 2.98. The van der Waals surface area contributed by atoms with Gasteiger partial charge in [0.05, 0.1) is 0 Å². The van der Waals surface area contributed by atoms with Crippen molar-refractivity contribution in [3.63, 3.8) is 0 Å². The lowest BCUT2D eigenvalue weighted by atomic mass is 9.98. The van der Waals surface area contributed by atoms with E-state index >= 15 is 0 Å². The van der Waals surface area contributed by atoms with Crippen LogP contribution in [-0.2, 0) is 6.54 Å². The first-order valence-corrected chi connectivity index (χ1v) is 7.06. The van der Waals surface area contributed by atoms with Crippen LogP contribution in [-0.4, -0.2) is 18.6 Å². The van der Waals surface area contributed by atoms with Crippen molar-refractivity contribution in [3.05, 3.63) is 35.4 Å². The van der Waals surface area contributed by atoms with E-state index in [1.54, 1.807) is 0 Å². The van der Waals surface area contributed by atoms with Gasteiger partial charge in [-0.3, -0.25) is 0 Å². The van der Waals surface area contributed by atoms with Crippen LogP contribution in [0.2, 0.25) is 0 Å². The third-order valence-corrected chi connectivity index (χ3v) is 3.70. The standard InChI is InChI=1S/C15H22F2N2/c1-11(8-14-4-2-3-7-18-14)19-10-12-9-13(16)5-6-15(12)17/h5-6,9,11,14,18-19H,2-4,7-8,10H2,1H3. The van der Waals surface area contributed by atoms with E-state index in [0.717, 1.165) is 19.0 Å². The molecule has 4 heteroatoms. The molecule has 2 unspecified atom stereocenters. The zero-order valence-corrected chi connectivity index (χ0v) is 11.4. The minimum Gasteiger partial charge on any atom is -0.314 e. The monoisotopic (exact) mass is 268 g/mol. The van der Waals surface area contributed by atoms with Crippen LogP contribution in [0.15, 0.2) is 18.2 Å². The Morgan fingerprint density at radius 2 is 2.21 bits per heavy atom. The van der Waals surface area contributed by atoms with E-state index in [-0.39, 0.29) is 11.6 Å². The SMILES string of the molecule is CC(CC1CCCCN1)NCc1cc(F)ccc1F. The van der Waals surface area contributed by atoms with Crippen LogP contribution in [0.1, 0.15) is 38.2 Å². The summed E-state index contributed by atoms with van der Waals surface area (Å²) in [5, 5.41) is 6.76. The van der Waals surface area contributed by atoms with E-state index in [2.05, 4.69) is 17.6 Å². The number of hydrogen-bond donors (Lipinski definition) is 2. The highest BCUT2D eigenvalue weighted by atomic mass is 19.1. The molecule has 1 aromatic carbocycles. The second-order valence-corrected chi connectivity index (χ2v) is 5.40. The van der Waals surface area contributed by atoms with Gasteiger partial charge in [-0.1, -0.05) is 6.42 Å². The van der Waals surface area contributed by atoms with Crippen LogP contribution in [0.4, 0.5) is 8.78 Å². The third kappa shape index (κ3) is 4.55. The van der Waals surface area contributed by atoms with Gasteiger partial charge in [0.25, 0.3) is 0 Å². The van der Waals surface area contributed by atoms with Crippen molar-refractivity contribution in [2.24, 2.45) is 0 Å². The number of rotatable bonds is 5. The summed E-state index contributed by atoms with van der Waals surface area (Å²) in [5.41, 5.74) is 0.392. The molecule has 0 radical (unpaired) electrons. The van der Waals surface area contributed by atoms with Crippen LogP contribution in [0, 0.1) is 11.6 Å². The van der Waals surface area contributed by atoms with Crippen LogP contribution in [0.25, 0.3) is 0 Å². The Morgan fingerprint density at radius 1 is 1.37 bits per heavy atom. The highest BCUT2D eigenvalue weighted by Crippen LogP contribution is 2.13. The second kappa shape index (κ2) is 6.96. The molecule has 1 aliphatic rings. The fourth-order valence-corrected chi connectivity index (χ4v) is 2.60. The molecular weight excluding hydrogens is 246 g/mol. The van der Waals surface area contributed by atoms with Crippen LogP contribution in [0.5, 0.6) is 0 Å². The number of piperidine rings is 1. The largest absolute Gasteiger partial charge is 0.314 e. The summed E-state index contributed by atoms with van der Waals surface area (Å²) in [4.78, 5) is 0. The van der Waals surface area contributed by atoms with Crippen molar-refractivity contribution in [1.29, 1.82) is 0 Å². The Kier molecular flexibility index (Phi) is 5.28. The second-order valence-electron chi connectivity index (χ2n) is 5.40. The van der Waals surface area contributed by atoms with Crippen LogP contribution >= 0.6 is 0 Å². The summed E-state index contributed by atoms with van der Waals surface area (Å²) >= 11 is 0. The van der Waals surface area contributed by atoms with Crippen LogP contribution < -0.4 is 10.6 Å². The molecule has 0 bridgehead atoms. The zero-order valence-electron chi connectivity index (χ0n) is 11.4. The summed E-state index contributed by atoms with van der Waals surface area (Å²) in [7, 11) is 0. The first-order chi connectivity index (χ1) is 9.15. The van der Waals surface area contributed by atoms with E-state index < -0.39 is 0 Å². The normalized spacial score (nSPS) is 21.3. The highest BCUT2D eigenvalue weighted by Gasteiger charge is 2.15. The maximum absolute atomic E-state index is 13.5. The summed E-state index contributed by atoms with van der Waals surface area (Å²) in [6.07, 6.45) is 4.77. The Hall–Kier alpha value is -1.00. The quantitative estimate of drug-likeness (QED) is 0.858. The van der Waals surface area contributed by atoms with E-state index in [1.165, 1.54) is 31.4 Å². The number of nitrogens with one attached hydrogen (secondary N) is 2. The lowest BCUT2D eigenvalue weighted by Crippen LogP contribution is -2.39. The number of hydrogen-bond acceptors (Lipinski definition) is 2. The first-order valence-electron chi connectivity index (χ1n) is 7.06. The topological polar surface area (TPSA) is 24.1 Å². The summed E-state index contributed by atoms with van der Waals surface area (Å²) < 4.78 is 26.5. The predicted molar refractivity (Wildman–Crippen MR) is 72.9 cm³/mol. The third-order valence-electron chi connectivity index (χ3n) is 3.70. The lowest BCUT2D eigenvalue weighted by Gasteiger charge is -2.26. The van der Waals surface area contributed by atoms with Crippen molar-refractivity contribution >= 4 is 0 Å². The van der Waals surface area contributed by atoms with Crippen molar-refractivity contribution in [1.82, 2.24) is 10.6 Å². The van der Waals surface area contributed by atoms with E-state index in [9.17, 15) is 8.78 Å². The van der Waals surface area contributed by atoms with Crippen molar-refractivity contribution in [3.8, 4) is 0 Å². The van der Waals surface area contributed by atoms with Gasteiger partial charge in [-0.05, 0) is 50.9 Å². The molecule has 0 aromatic heterocycles. The molecule has 106 valence electrons. The average Bonchev–Trinajstić information content (AvgIpc) is 2.41.